The third-order valence-corrected chi connectivity index (χ3v) is 5.27. The van der Waals surface area contributed by atoms with E-state index in [-0.39, 0.29) is 5.91 Å². The van der Waals surface area contributed by atoms with Crippen molar-refractivity contribution in [1.82, 2.24) is 9.78 Å². The molecule has 1 aromatic heterocycles. The molecule has 5 nitrogen and oxygen atoms in total. The molecule has 0 spiro atoms. The Labute approximate surface area is 188 Å². The first-order valence-corrected chi connectivity index (χ1v) is 10.8. The van der Waals surface area contributed by atoms with Gasteiger partial charge in [-0.3, -0.25) is 9.48 Å². The Morgan fingerprint density at radius 2 is 1.56 bits per heavy atom. The summed E-state index contributed by atoms with van der Waals surface area (Å²) in [7, 11) is 1.88. The van der Waals surface area contributed by atoms with Gasteiger partial charge in [0.2, 0.25) is 5.91 Å². The molecule has 0 saturated heterocycles. The minimum atomic E-state index is 0.0875. The molecule has 162 valence electrons. The molecule has 0 aliphatic carbocycles. The fourth-order valence-electron chi connectivity index (χ4n) is 3.53. The van der Waals surface area contributed by atoms with Crippen LogP contribution in [0.2, 0.25) is 0 Å². The van der Waals surface area contributed by atoms with Crippen molar-refractivity contribution < 1.29 is 9.53 Å². The summed E-state index contributed by atoms with van der Waals surface area (Å²) in [6, 6.07) is 27.9. The molecule has 0 fully saturated rings. The standard InChI is InChI=1S/C27H27N3O2/c1-29-19-24(18-28-29)14-17-27(31)30(25-10-6-3-7-11-25)20-22-12-15-26(16-13-22)32-21-23-8-4-2-5-9-23/h2-13,15-16,18-19H,14,17,20-21H2,1H3. The number of rotatable bonds is 9. The molecule has 0 bridgehead atoms. The first-order chi connectivity index (χ1) is 15.7. The zero-order chi connectivity index (χ0) is 22.2. The van der Waals surface area contributed by atoms with Crippen LogP contribution in [0.3, 0.4) is 0 Å². The molecule has 1 amide bonds. The van der Waals surface area contributed by atoms with Gasteiger partial charge >= 0.3 is 0 Å². The zero-order valence-electron chi connectivity index (χ0n) is 18.2. The summed E-state index contributed by atoms with van der Waals surface area (Å²) < 4.78 is 7.65. The summed E-state index contributed by atoms with van der Waals surface area (Å²) in [5.41, 5.74) is 4.14. The van der Waals surface area contributed by atoms with Crippen LogP contribution in [0.5, 0.6) is 5.75 Å². The normalized spacial score (nSPS) is 10.7. The molecule has 0 atom stereocenters. The Morgan fingerprint density at radius 1 is 0.875 bits per heavy atom. The fraction of sp³-hybridized carbons (Fsp3) is 0.185. The van der Waals surface area contributed by atoms with Crippen LogP contribution in [0.25, 0.3) is 0 Å². The Balaban J connectivity index is 1.41. The van der Waals surface area contributed by atoms with Gasteiger partial charge in [0.05, 0.1) is 12.7 Å². The second-order valence-electron chi connectivity index (χ2n) is 7.76. The van der Waals surface area contributed by atoms with Gasteiger partial charge in [-0.05, 0) is 47.4 Å². The third-order valence-electron chi connectivity index (χ3n) is 5.27. The van der Waals surface area contributed by atoms with Crippen LogP contribution in [-0.4, -0.2) is 15.7 Å². The number of benzene rings is 3. The minimum absolute atomic E-state index is 0.0875. The molecule has 0 saturated carbocycles. The van der Waals surface area contributed by atoms with Crippen LogP contribution < -0.4 is 9.64 Å². The largest absolute Gasteiger partial charge is 0.489 e. The molecule has 0 unspecified atom stereocenters. The number of carbonyl (C=O) groups is 1. The molecule has 1 heterocycles. The van der Waals surface area contributed by atoms with Crippen LogP contribution in [-0.2, 0) is 31.4 Å². The van der Waals surface area contributed by atoms with Crippen molar-refractivity contribution in [2.75, 3.05) is 4.90 Å². The van der Waals surface area contributed by atoms with Gasteiger partial charge in [-0.15, -0.1) is 0 Å². The van der Waals surface area contributed by atoms with Gasteiger partial charge in [0, 0.05) is 25.4 Å². The van der Waals surface area contributed by atoms with Crippen LogP contribution >= 0.6 is 0 Å². The molecular formula is C27H27N3O2. The van der Waals surface area contributed by atoms with E-state index in [1.807, 2.05) is 109 Å². The Hall–Kier alpha value is -3.86. The summed E-state index contributed by atoms with van der Waals surface area (Å²) >= 11 is 0. The number of hydrogen-bond donors (Lipinski definition) is 0. The van der Waals surface area contributed by atoms with Gasteiger partial charge in [-0.2, -0.15) is 5.10 Å². The predicted octanol–water partition coefficient (Wildman–Crippen LogP) is 5.17. The molecule has 32 heavy (non-hydrogen) atoms. The molecule has 5 heteroatoms. The zero-order valence-corrected chi connectivity index (χ0v) is 18.2. The quantitative estimate of drug-likeness (QED) is 0.372. The first kappa shape index (κ1) is 21.4. The van der Waals surface area contributed by atoms with Gasteiger partial charge in [0.1, 0.15) is 12.4 Å². The topological polar surface area (TPSA) is 47.4 Å². The molecule has 4 rings (SSSR count). The SMILES string of the molecule is Cn1cc(CCC(=O)N(Cc2ccc(OCc3ccccc3)cc2)c2ccccc2)cn1. The van der Waals surface area contributed by atoms with Crippen molar-refractivity contribution in [3.05, 3.63) is 114 Å². The van der Waals surface area contributed by atoms with Crippen LogP contribution in [0.15, 0.2) is 97.3 Å². The molecule has 4 aromatic rings. The van der Waals surface area contributed by atoms with E-state index in [4.69, 9.17) is 4.74 Å². The third kappa shape index (κ3) is 5.85. The summed E-state index contributed by atoms with van der Waals surface area (Å²) in [4.78, 5) is 15.0. The molecule has 0 aliphatic heterocycles. The van der Waals surface area contributed by atoms with Crippen molar-refractivity contribution in [1.29, 1.82) is 0 Å². The highest BCUT2D eigenvalue weighted by atomic mass is 16.5. The number of nitrogens with zero attached hydrogens (tertiary/aromatic N) is 3. The first-order valence-electron chi connectivity index (χ1n) is 10.8. The smallest absolute Gasteiger partial charge is 0.227 e. The van der Waals surface area contributed by atoms with Crippen LogP contribution in [0.1, 0.15) is 23.1 Å². The van der Waals surface area contributed by atoms with E-state index in [1.54, 1.807) is 4.68 Å². The van der Waals surface area contributed by atoms with E-state index < -0.39 is 0 Å². The number of para-hydroxylation sites is 1. The maximum Gasteiger partial charge on any atom is 0.227 e. The maximum absolute atomic E-state index is 13.1. The number of ether oxygens (including phenoxy) is 1. The van der Waals surface area contributed by atoms with Gasteiger partial charge in [-0.1, -0.05) is 60.7 Å². The number of carbonyl (C=O) groups excluding carboxylic acids is 1. The van der Waals surface area contributed by atoms with Crippen molar-refractivity contribution in [2.45, 2.75) is 26.0 Å². The van der Waals surface area contributed by atoms with Crippen molar-refractivity contribution in [3.63, 3.8) is 0 Å². The lowest BCUT2D eigenvalue weighted by Crippen LogP contribution is -2.30. The van der Waals surface area contributed by atoms with E-state index in [0.29, 0.717) is 26.0 Å². The summed E-state index contributed by atoms with van der Waals surface area (Å²) in [6.45, 7) is 1.04. The fourth-order valence-corrected chi connectivity index (χ4v) is 3.53. The Kier molecular flexibility index (Phi) is 6.98. The van der Waals surface area contributed by atoms with Crippen LogP contribution in [0, 0.1) is 0 Å². The molecule has 0 radical (unpaired) electrons. The lowest BCUT2D eigenvalue weighted by molar-refractivity contribution is -0.118. The van der Waals surface area contributed by atoms with Crippen molar-refractivity contribution in [2.24, 2.45) is 7.05 Å². The summed E-state index contributed by atoms with van der Waals surface area (Å²) in [6.07, 6.45) is 4.86. The van der Waals surface area contributed by atoms with Gasteiger partial charge < -0.3 is 9.64 Å². The summed E-state index contributed by atoms with van der Waals surface area (Å²) in [5, 5.41) is 4.19. The average Bonchev–Trinajstić information content (AvgIpc) is 3.26. The van der Waals surface area contributed by atoms with E-state index >= 15 is 0 Å². The molecular weight excluding hydrogens is 398 g/mol. The van der Waals surface area contributed by atoms with Gasteiger partial charge in [-0.25, -0.2) is 0 Å². The monoisotopic (exact) mass is 425 g/mol. The number of aryl methyl sites for hydroxylation is 2. The highest BCUT2D eigenvalue weighted by molar-refractivity contribution is 5.93. The highest BCUT2D eigenvalue weighted by Crippen LogP contribution is 2.21. The second-order valence-corrected chi connectivity index (χ2v) is 7.76. The van der Waals surface area contributed by atoms with Gasteiger partial charge in [0.25, 0.3) is 0 Å². The molecule has 3 aromatic carbocycles. The lowest BCUT2D eigenvalue weighted by Gasteiger charge is -2.23. The van der Waals surface area contributed by atoms with Gasteiger partial charge in [0.15, 0.2) is 0 Å². The number of aromatic nitrogens is 2. The Bertz CT molecular complexity index is 1120. The Morgan fingerprint density at radius 3 is 2.22 bits per heavy atom. The number of anilines is 1. The lowest BCUT2D eigenvalue weighted by atomic mass is 10.1. The van der Waals surface area contributed by atoms with E-state index in [9.17, 15) is 4.79 Å². The number of hydrogen-bond acceptors (Lipinski definition) is 3. The van der Waals surface area contributed by atoms with Crippen LogP contribution in [0.4, 0.5) is 5.69 Å². The van der Waals surface area contributed by atoms with Crippen molar-refractivity contribution in [3.8, 4) is 5.75 Å². The number of amides is 1. The van der Waals surface area contributed by atoms with E-state index in [2.05, 4.69) is 5.10 Å². The molecule has 0 aliphatic rings. The average molecular weight is 426 g/mol. The summed E-state index contributed by atoms with van der Waals surface area (Å²) in [5.74, 6) is 0.899. The maximum atomic E-state index is 13.1. The highest BCUT2D eigenvalue weighted by Gasteiger charge is 2.16. The van der Waals surface area contributed by atoms with E-state index in [1.165, 1.54) is 0 Å². The van der Waals surface area contributed by atoms with E-state index in [0.717, 1.165) is 28.1 Å². The minimum Gasteiger partial charge on any atom is -0.489 e. The molecule has 0 N–H and O–H groups in total. The second kappa shape index (κ2) is 10.4. The van der Waals surface area contributed by atoms with Crippen molar-refractivity contribution >= 4 is 11.6 Å². The predicted molar refractivity (Wildman–Crippen MR) is 126 cm³/mol.